The first-order chi connectivity index (χ1) is 11.5. The van der Waals surface area contributed by atoms with Crippen LogP contribution in [-0.4, -0.2) is 42.4 Å². The second-order valence-corrected chi connectivity index (χ2v) is 7.18. The van der Waals surface area contributed by atoms with E-state index in [0.29, 0.717) is 41.7 Å². The summed E-state index contributed by atoms with van der Waals surface area (Å²) in [5, 5.41) is 6.99. The predicted octanol–water partition coefficient (Wildman–Crippen LogP) is 3.34. The number of nitrogens with one attached hydrogen (secondary N) is 2. The van der Waals surface area contributed by atoms with Gasteiger partial charge in [-0.1, -0.05) is 23.2 Å². The first-order valence-corrected chi connectivity index (χ1v) is 9.08. The number of rotatable bonds is 3. The van der Waals surface area contributed by atoms with Gasteiger partial charge >= 0.3 is 0 Å². The molecule has 2 saturated heterocycles. The monoisotopic (exact) mass is 405 g/mol. The molecular formula is C17H22Cl3N3O2. The van der Waals surface area contributed by atoms with Crippen LogP contribution in [0.4, 0.5) is 5.69 Å². The Hall–Kier alpha value is -1.01. The van der Waals surface area contributed by atoms with Crippen molar-refractivity contribution in [2.45, 2.75) is 31.7 Å². The molecule has 5 nitrogen and oxygen atoms in total. The van der Waals surface area contributed by atoms with Gasteiger partial charge in [0.2, 0.25) is 11.8 Å². The van der Waals surface area contributed by atoms with E-state index in [0.717, 1.165) is 19.4 Å². The van der Waals surface area contributed by atoms with E-state index in [1.165, 1.54) is 0 Å². The molecule has 0 spiro atoms. The third kappa shape index (κ3) is 5.00. The Morgan fingerprint density at radius 3 is 2.44 bits per heavy atom. The standard InChI is InChI=1S/C17H21Cl2N3O2.ClH/c18-13-4-3-12(10-14(13)19)21-16(23)11-5-8-22(9-6-11)17(24)15-2-1-7-20-15;/h3-4,10-11,15,20H,1-2,5-9H2,(H,21,23);1H. The molecule has 0 saturated carbocycles. The second kappa shape index (κ2) is 9.08. The highest BCUT2D eigenvalue weighted by Crippen LogP contribution is 2.26. The number of amides is 2. The topological polar surface area (TPSA) is 61.4 Å². The molecule has 2 heterocycles. The van der Waals surface area contributed by atoms with E-state index in [1.54, 1.807) is 18.2 Å². The zero-order chi connectivity index (χ0) is 17.1. The first kappa shape index (κ1) is 20.3. The number of carbonyl (C=O) groups excluding carboxylic acids is 2. The normalized spacial score (nSPS) is 20.9. The van der Waals surface area contributed by atoms with E-state index in [4.69, 9.17) is 23.2 Å². The van der Waals surface area contributed by atoms with Crippen molar-refractivity contribution < 1.29 is 9.59 Å². The van der Waals surface area contributed by atoms with E-state index in [1.807, 2.05) is 4.90 Å². The van der Waals surface area contributed by atoms with E-state index in [9.17, 15) is 9.59 Å². The summed E-state index contributed by atoms with van der Waals surface area (Å²) in [6.45, 7) is 2.19. The maximum Gasteiger partial charge on any atom is 0.239 e. The van der Waals surface area contributed by atoms with Gasteiger partial charge < -0.3 is 15.5 Å². The summed E-state index contributed by atoms with van der Waals surface area (Å²) < 4.78 is 0. The fourth-order valence-corrected chi connectivity index (χ4v) is 3.59. The number of piperidine rings is 1. The fourth-order valence-electron chi connectivity index (χ4n) is 3.30. The van der Waals surface area contributed by atoms with E-state index >= 15 is 0 Å². The number of likely N-dealkylation sites (tertiary alicyclic amines) is 1. The van der Waals surface area contributed by atoms with E-state index < -0.39 is 0 Å². The molecule has 0 aliphatic carbocycles. The van der Waals surface area contributed by atoms with Gasteiger partial charge in [0.1, 0.15) is 0 Å². The largest absolute Gasteiger partial charge is 0.341 e. The van der Waals surface area contributed by atoms with Crippen LogP contribution >= 0.6 is 35.6 Å². The minimum atomic E-state index is -0.0833. The summed E-state index contributed by atoms with van der Waals surface area (Å²) in [4.78, 5) is 26.6. The quantitative estimate of drug-likeness (QED) is 0.809. The number of carbonyl (C=O) groups is 2. The Balaban J connectivity index is 0.00000225. The summed E-state index contributed by atoms with van der Waals surface area (Å²) in [5.74, 6) is 0.0651. The van der Waals surface area contributed by atoms with Crippen molar-refractivity contribution in [3.05, 3.63) is 28.2 Å². The zero-order valence-corrected chi connectivity index (χ0v) is 16.1. The molecule has 8 heteroatoms. The lowest BCUT2D eigenvalue weighted by molar-refractivity contribution is -0.136. The van der Waals surface area contributed by atoms with Crippen LogP contribution in [0.15, 0.2) is 18.2 Å². The lowest BCUT2D eigenvalue weighted by Crippen LogP contribution is -2.48. The fraction of sp³-hybridized carbons (Fsp3) is 0.529. The van der Waals surface area contributed by atoms with E-state index in [-0.39, 0.29) is 36.2 Å². The van der Waals surface area contributed by atoms with Crippen LogP contribution in [0.1, 0.15) is 25.7 Å². The second-order valence-electron chi connectivity index (χ2n) is 6.37. The third-order valence-electron chi connectivity index (χ3n) is 4.72. The molecule has 1 aromatic carbocycles. The molecule has 1 unspecified atom stereocenters. The van der Waals surface area contributed by atoms with Gasteiger partial charge in [0, 0.05) is 24.7 Å². The predicted molar refractivity (Wildman–Crippen MR) is 103 cm³/mol. The highest BCUT2D eigenvalue weighted by molar-refractivity contribution is 6.42. The Bertz CT molecular complexity index is 628. The van der Waals surface area contributed by atoms with E-state index in [2.05, 4.69) is 10.6 Å². The van der Waals surface area contributed by atoms with Gasteiger partial charge in [-0.05, 0) is 50.4 Å². The summed E-state index contributed by atoms with van der Waals surface area (Å²) in [6.07, 6.45) is 3.34. The van der Waals surface area contributed by atoms with Crippen molar-refractivity contribution in [2.75, 3.05) is 25.0 Å². The molecule has 138 valence electrons. The molecule has 0 radical (unpaired) electrons. The Morgan fingerprint density at radius 2 is 1.84 bits per heavy atom. The maximum atomic E-state index is 12.4. The van der Waals surface area contributed by atoms with Crippen LogP contribution in [0.5, 0.6) is 0 Å². The molecule has 0 bridgehead atoms. The van der Waals surface area contributed by atoms with Crippen LogP contribution in [0, 0.1) is 5.92 Å². The number of halogens is 3. The first-order valence-electron chi connectivity index (χ1n) is 8.32. The molecule has 2 N–H and O–H groups in total. The minimum absolute atomic E-state index is 0. The van der Waals surface area contributed by atoms with Crippen molar-refractivity contribution in [2.24, 2.45) is 5.92 Å². The number of nitrogens with zero attached hydrogens (tertiary/aromatic N) is 1. The average Bonchev–Trinajstić information content (AvgIpc) is 3.12. The highest BCUT2D eigenvalue weighted by Gasteiger charge is 2.31. The average molecular weight is 407 g/mol. The van der Waals surface area contributed by atoms with Crippen molar-refractivity contribution in [1.82, 2.24) is 10.2 Å². The maximum absolute atomic E-state index is 12.4. The summed E-state index contributed by atoms with van der Waals surface area (Å²) >= 11 is 11.8. The van der Waals surface area contributed by atoms with Crippen molar-refractivity contribution in [1.29, 1.82) is 0 Å². The highest BCUT2D eigenvalue weighted by atomic mass is 35.5. The van der Waals surface area contributed by atoms with Crippen LogP contribution in [-0.2, 0) is 9.59 Å². The van der Waals surface area contributed by atoms with Crippen molar-refractivity contribution in [3.63, 3.8) is 0 Å². The van der Waals surface area contributed by atoms with Gasteiger partial charge in [-0.15, -0.1) is 12.4 Å². The summed E-state index contributed by atoms with van der Waals surface area (Å²) in [6, 6.07) is 5.00. The Kier molecular flexibility index (Phi) is 7.37. The van der Waals surface area contributed by atoms with Gasteiger partial charge in [0.15, 0.2) is 0 Å². The number of hydrogen-bond acceptors (Lipinski definition) is 3. The molecule has 2 aliphatic heterocycles. The summed E-state index contributed by atoms with van der Waals surface area (Å²) in [7, 11) is 0. The molecule has 2 aliphatic rings. The molecule has 1 atom stereocenters. The van der Waals surface area contributed by atoms with Gasteiger partial charge in [-0.2, -0.15) is 0 Å². The van der Waals surface area contributed by atoms with Crippen LogP contribution in [0.25, 0.3) is 0 Å². The SMILES string of the molecule is Cl.O=C(Nc1ccc(Cl)c(Cl)c1)C1CCN(C(=O)C2CCCN2)CC1. The van der Waals surface area contributed by atoms with Gasteiger partial charge in [-0.25, -0.2) is 0 Å². The Morgan fingerprint density at radius 1 is 1.12 bits per heavy atom. The lowest BCUT2D eigenvalue weighted by Gasteiger charge is -2.33. The molecule has 2 amide bonds. The molecular weight excluding hydrogens is 385 g/mol. The molecule has 1 aromatic rings. The molecule has 25 heavy (non-hydrogen) atoms. The smallest absolute Gasteiger partial charge is 0.239 e. The van der Waals surface area contributed by atoms with Crippen LogP contribution in [0.3, 0.4) is 0 Å². The lowest BCUT2D eigenvalue weighted by atomic mass is 9.95. The van der Waals surface area contributed by atoms with Gasteiger partial charge in [-0.3, -0.25) is 9.59 Å². The van der Waals surface area contributed by atoms with Crippen LogP contribution < -0.4 is 10.6 Å². The number of hydrogen-bond donors (Lipinski definition) is 2. The van der Waals surface area contributed by atoms with Gasteiger partial charge in [0.25, 0.3) is 0 Å². The van der Waals surface area contributed by atoms with Gasteiger partial charge in [0.05, 0.1) is 16.1 Å². The Labute approximate surface area is 163 Å². The molecule has 2 fully saturated rings. The van der Waals surface area contributed by atoms with Crippen LogP contribution in [0.2, 0.25) is 10.0 Å². The third-order valence-corrected chi connectivity index (χ3v) is 5.46. The zero-order valence-electron chi connectivity index (χ0n) is 13.8. The van der Waals surface area contributed by atoms with Crippen molar-refractivity contribution >= 4 is 53.1 Å². The summed E-state index contributed by atoms with van der Waals surface area (Å²) in [5.41, 5.74) is 0.642. The molecule has 3 rings (SSSR count). The van der Waals surface area contributed by atoms with Crippen molar-refractivity contribution in [3.8, 4) is 0 Å². The number of benzene rings is 1. The number of anilines is 1. The minimum Gasteiger partial charge on any atom is -0.341 e. The molecule has 0 aromatic heterocycles.